The fourth-order valence-electron chi connectivity index (χ4n) is 1.43. The van der Waals surface area contributed by atoms with Crippen LogP contribution >= 0.6 is 11.6 Å². The summed E-state index contributed by atoms with van der Waals surface area (Å²) in [5, 5.41) is 2.37. The molecule has 0 aliphatic heterocycles. The van der Waals surface area contributed by atoms with Gasteiger partial charge in [-0.3, -0.25) is 4.79 Å². The maximum Gasteiger partial charge on any atom is 0.268 e. The molecule has 1 amide bonds. The molecule has 0 aliphatic rings. The number of anilines is 1. The number of carbonyl (C=O) groups excluding carboxylic acids is 1. The summed E-state index contributed by atoms with van der Waals surface area (Å²) < 4.78 is 36.6. The van der Waals surface area contributed by atoms with E-state index in [2.05, 4.69) is 5.32 Å². The lowest BCUT2D eigenvalue weighted by Gasteiger charge is -2.09. The summed E-state index contributed by atoms with van der Waals surface area (Å²) in [5.74, 6) is -1.42. The molecule has 1 N–H and O–H groups in total. The van der Waals surface area contributed by atoms with Crippen LogP contribution in [0.4, 0.5) is 10.1 Å². The van der Waals surface area contributed by atoms with E-state index in [1.54, 1.807) is 0 Å². The highest BCUT2D eigenvalue weighted by Gasteiger charge is 2.24. The molecule has 0 aliphatic carbocycles. The zero-order chi connectivity index (χ0) is 15.2. The predicted octanol–water partition coefficient (Wildman–Crippen LogP) is 3.06. The summed E-state index contributed by atoms with van der Waals surface area (Å²) >= 11 is 5.46. The Hall–Kier alpha value is -1.40. The minimum Gasteiger partial charge on any atom is -0.321 e. The van der Waals surface area contributed by atoms with Crippen molar-refractivity contribution >= 4 is 33.0 Å². The van der Waals surface area contributed by atoms with Gasteiger partial charge in [-0.2, -0.15) is 0 Å². The monoisotopic (exact) mass is 319 g/mol. The summed E-state index contributed by atoms with van der Waals surface area (Å²) in [6, 6.07) is 4.98. The number of halogens is 2. The zero-order valence-corrected chi connectivity index (χ0v) is 12.5. The Kier molecular flexibility index (Phi) is 6.16. The maximum atomic E-state index is 12.7. The van der Waals surface area contributed by atoms with Crippen LogP contribution in [0.25, 0.3) is 0 Å². The largest absolute Gasteiger partial charge is 0.321 e. The van der Waals surface area contributed by atoms with E-state index in [1.807, 2.05) is 6.92 Å². The fraction of sp³-hybridized carbons (Fsp3) is 0.308. The van der Waals surface area contributed by atoms with E-state index in [4.69, 9.17) is 11.6 Å². The first-order chi connectivity index (χ1) is 9.40. The Morgan fingerprint density at radius 3 is 2.45 bits per heavy atom. The van der Waals surface area contributed by atoms with Gasteiger partial charge in [0.1, 0.15) is 10.7 Å². The van der Waals surface area contributed by atoms with Crippen LogP contribution in [0.3, 0.4) is 0 Å². The van der Waals surface area contributed by atoms with Crippen molar-refractivity contribution in [2.24, 2.45) is 0 Å². The molecular weight excluding hydrogens is 305 g/mol. The van der Waals surface area contributed by atoms with Crippen molar-refractivity contribution in [3.8, 4) is 0 Å². The summed E-state index contributed by atoms with van der Waals surface area (Å²) in [7, 11) is -3.72. The molecule has 0 saturated carbocycles. The van der Waals surface area contributed by atoms with Crippen LogP contribution in [0.5, 0.6) is 0 Å². The summed E-state index contributed by atoms with van der Waals surface area (Å²) in [5.41, 5.74) is 1.04. The molecule has 0 aromatic heterocycles. The Labute approximate surface area is 122 Å². The number of amides is 1. The molecule has 0 bridgehead atoms. The van der Waals surface area contributed by atoms with E-state index in [1.165, 1.54) is 12.1 Å². The van der Waals surface area contributed by atoms with Gasteiger partial charge < -0.3 is 5.32 Å². The lowest BCUT2D eigenvalue weighted by Crippen LogP contribution is -2.22. The van der Waals surface area contributed by atoms with Crippen LogP contribution in [0.15, 0.2) is 34.7 Å². The summed E-state index contributed by atoms with van der Waals surface area (Å²) in [6.07, 6.45) is 1.13. The number of nitrogens with one attached hydrogen (secondary N) is 1. The van der Waals surface area contributed by atoms with Crippen LogP contribution in [0.2, 0.25) is 0 Å². The summed E-state index contributed by atoms with van der Waals surface area (Å²) in [4.78, 5) is 11.4. The van der Waals surface area contributed by atoms with Gasteiger partial charge in [-0.1, -0.05) is 24.9 Å². The van der Waals surface area contributed by atoms with Crippen molar-refractivity contribution in [2.75, 3.05) is 11.1 Å². The number of sulfone groups is 1. The average molecular weight is 320 g/mol. The Bertz CT molecular complexity index is 597. The van der Waals surface area contributed by atoms with E-state index in [0.29, 0.717) is 12.8 Å². The van der Waals surface area contributed by atoms with Crippen LogP contribution < -0.4 is 5.32 Å². The Morgan fingerprint density at radius 1 is 1.35 bits per heavy atom. The van der Waals surface area contributed by atoms with Gasteiger partial charge in [0.25, 0.3) is 5.91 Å². The first kappa shape index (κ1) is 16.7. The minimum absolute atomic E-state index is 0.140. The highest BCUT2D eigenvalue weighted by molar-refractivity contribution is 7.96. The average Bonchev–Trinajstić information content (AvgIpc) is 2.39. The predicted molar refractivity (Wildman–Crippen MR) is 77.7 cm³/mol. The van der Waals surface area contributed by atoms with Crippen LogP contribution in [0, 0.1) is 5.82 Å². The van der Waals surface area contributed by atoms with Crippen molar-refractivity contribution in [2.45, 2.75) is 19.8 Å². The standard InChI is InChI=1S/C13H15ClFNO3S/c1-2-3-8-20(18,19)12(9-14)13(17)16-11-6-4-10(15)5-7-11/h4-7,9H,2-3,8H2,1H3,(H,16,17)/b12-9-. The third-order valence-corrected chi connectivity index (χ3v) is 4.67. The zero-order valence-electron chi connectivity index (χ0n) is 10.9. The normalized spacial score (nSPS) is 12.2. The lowest BCUT2D eigenvalue weighted by atomic mass is 10.3. The molecule has 4 nitrogen and oxygen atoms in total. The molecular formula is C13H15ClFNO3S. The number of benzene rings is 1. The van der Waals surface area contributed by atoms with Crippen LogP contribution in [-0.4, -0.2) is 20.1 Å². The third kappa shape index (κ3) is 4.61. The molecule has 0 atom stereocenters. The van der Waals surface area contributed by atoms with Crippen LogP contribution in [0.1, 0.15) is 19.8 Å². The second-order valence-corrected chi connectivity index (χ2v) is 6.40. The molecule has 20 heavy (non-hydrogen) atoms. The van der Waals surface area contributed by atoms with Gasteiger partial charge in [0, 0.05) is 11.2 Å². The fourth-order valence-corrected chi connectivity index (χ4v) is 3.29. The van der Waals surface area contributed by atoms with E-state index >= 15 is 0 Å². The van der Waals surface area contributed by atoms with Gasteiger partial charge in [-0.25, -0.2) is 12.8 Å². The number of rotatable bonds is 6. The van der Waals surface area contributed by atoms with Gasteiger partial charge in [0.05, 0.1) is 5.75 Å². The second-order valence-electron chi connectivity index (χ2n) is 4.11. The van der Waals surface area contributed by atoms with Gasteiger partial charge in [-0.05, 0) is 30.7 Å². The molecule has 0 unspecified atom stereocenters. The highest BCUT2D eigenvalue weighted by atomic mass is 35.5. The van der Waals surface area contributed by atoms with Crippen molar-refractivity contribution in [3.05, 3.63) is 40.5 Å². The molecule has 0 radical (unpaired) electrons. The number of carbonyl (C=O) groups is 1. The molecule has 0 heterocycles. The van der Waals surface area contributed by atoms with Crippen LogP contribution in [-0.2, 0) is 14.6 Å². The lowest BCUT2D eigenvalue weighted by molar-refractivity contribution is -0.112. The Balaban J connectivity index is 2.86. The van der Waals surface area contributed by atoms with Gasteiger partial charge in [0.15, 0.2) is 9.84 Å². The summed E-state index contributed by atoms with van der Waals surface area (Å²) in [6.45, 7) is 1.85. The number of unbranched alkanes of at least 4 members (excludes halogenated alkanes) is 1. The van der Waals surface area contributed by atoms with E-state index in [-0.39, 0.29) is 11.4 Å². The minimum atomic E-state index is -3.72. The molecule has 0 saturated heterocycles. The molecule has 0 fully saturated rings. The maximum absolute atomic E-state index is 12.7. The highest BCUT2D eigenvalue weighted by Crippen LogP contribution is 2.15. The van der Waals surface area contributed by atoms with Crippen molar-refractivity contribution in [1.82, 2.24) is 0 Å². The smallest absolute Gasteiger partial charge is 0.268 e. The first-order valence-corrected chi connectivity index (χ1v) is 8.09. The van der Waals surface area contributed by atoms with Crippen molar-refractivity contribution in [3.63, 3.8) is 0 Å². The third-order valence-electron chi connectivity index (χ3n) is 2.53. The van der Waals surface area contributed by atoms with E-state index in [0.717, 1.165) is 17.7 Å². The molecule has 1 rings (SSSR count). The molecule has 110 valence electrons. The molecule has 1 aromatic carbocycles. The van der Waals surface area contributed by atoms with E-state index < -0.39 is 26.5 Å². The molecule has 0 spiro atoms. The van der Waals surface area contributed by atoms with Gasteiger partial charge in [0.2, 0.25) is 0 Å². The van der Waals surface area contributed by atoms with Crippen molar-refractivity contribution < 1.29 is 17.6 Å². The Morgan fingerprint density at radius 2 is 1.95 bits per heavy atom. The SMILES string of the molecule is CCCCS(=O)(=O)/C(=C\Cl)C(=O)Nc1ccc(F)cc1. The number of hydrogen-bond donors (Lipinski definition) is 1. The topological polar surface area (TPSA) is 63.2 Å². The second kappa shape index (κ2) is 7.40. The van der Waals surface area contributed by atoms with Crippen molar-refractivity contribution in [1.29, 1.82) is 0 Å². The first-order valence-electron chi connectivity index (χ1n) is 6.00. The van der Waals surface area contributed by atoms with E-state index in [9.17, 15) is 17.6 Å². The number of hydrogen-bond acceptors (Lipinski definition) is 3. The van der Waals surface area contributed by atoms with Gasteiger partial charge >= 0.3 is 0 Å². The molecule has 7 heteroatoms. The quantitative estimate of drug-likeness (QED) is 0.820. The van der Waals surface area contributed by atoms with Gasteiger partial charge in [-0.15, -0.1) is 0 Å². The molecule has 1 aromatic rings.